The van der Waals surface area contributed by atoms with Gasteiger partial charge >= 0.3 is 12.1 Å². The van der Waals surface area contributed by atoms with Gasteiger partial charge in [-0.2, -0.15) is 13.2 Å². The van der Waals surface area contributed by atoms with E-state index < -0.39 is 17.7 Å². The topological polar surface area (TPSA) is 55.8 Å². The molecule has 0 saturated heterocycles. The van der Waals surface area contributed by atoms with Crippen LogP contribution in [-0.4, -0.2) is 17.7 Å². The average Bonchev–Trinajstić information content (AvgIpc) is 2.87. The van der Waals surface area contributed by atoms with Crippen LogP contribution in [0.5, 0.6) is 17.2 Å². The Morgan fingerprint density at radius 1 is 0.811 bits per heavy atom. The van der Waals surface area contributed by atoms with Crippen molar-refractivity contribution in [2.75, 3.05) is 6.61 Å². The molecule has 7 heteroatoms. The van der Waals surface area contributed by atoms with E-state index in [-0.39, 0.29) is 13.0 Å². The number of hydrogen-bond acceptors (Lipinski definition) is 3. The first-order valence-corrected chi connectivity index (χ1v) is 11.2. The van der Waals surface area contributed by atoms with Crippen LogP contribution in [-0.2, 0) is 17.4 Å². The van der Waals surface area contributed by atoms with Gasteiger partial charge in [-0.05, 0) is 65.2 Å². The Morgan fingerprint density at radius 3 is 2.11 bits per heavy atom. The molecule has 0 fully saturated rings. The second-order valence-corrected chi connectivity index (χ2v) is 8.01. The van der Waals surface area contributed by atoms with Crippen LogP contribution >= 0.6 is 0 Å². The fourth-order valence-electron chi connectivity index (χ4n) is 3.52. The standard InChI is InChI=1S/C30H21F3O4/c31-30(32,33)25-16-14-24(15-17-25)23-12-10-21(11-13-23)6-4-18-36-27-8-1-2-9-28(27)37-26-7-3-5-22(19-26)20-29(34)35/h1-3,5,7-17,19H,18,20H2,(H,34,35). The van der Waals surface area contributed by atoms with Crippen molar-refractivity contribution in [1.82, 2.24) is 0 Å². The molecule has 0 amide bonds. The van der Waals surface area contributed by atoms with Crippen molar-refractivity contribution in [2.45, 2.75) is 12.6 Å². The highest BCUT2D eigenvalue weighted by atomic mass is 19.4. The quantitative estimate of drug-likeness (QED) is 0.271. The molecular formula is C30H21F3O4. The average molecular weight is 502 g/mol. The molecule has 0 bridgehead atoms. The molecular weight excluding hydrogens is 481 g/mol. The van der Waals surface area contributed by atoms with Crippen LogP contribution < -0.4 is 9.47 Å². The SMILES string of the molecule is O=C(O)Cc1cccc(Oc2ccccc2OCC#Cc2ccc(-c3ccc(C(F)(F)F)cc3)cc2)c1. The Morgan fingerprint density at radius 2 is 1.46 bits per heavy atom. The number of aliphatic carboxylic acids is 1. The van der Waals surface area contributed by atoms with E-state index in [1.807, 2.05) is 0 Å². The van der Waals surface area contributed by atoms with E-state index in [0.29, 0.717) is 28.4 Å². The van der Waals surface area contributed by atoms with Crippen LogP contribution in [0.1, 0.15) is 16.7 Å². The van der Waals surface area contributed by atoms with Gasteiger partial charge < -0.3 is 14.6 Å². The molecule has 0 aliphatic carbocycles. The highest BCUT2D eigenvalue weighted by Crippen LogP contribution is 2.32. The molecule has 37 heavy (non-hydrogen) atoms. The smallest absolute Gasteiger partial charge is 0.416 e. The molecule has 186 valence electrons. The van der Waals surface area contributed by atoms with Gasteiger partial charge in [-0.3, -0.25) is 4.79 Å². The molecule has 4 rings (SSSR count). The third-order valence-corrected chi connectivity index (χ3v) is 5.29. The summed E-state index contributed by atoms with van der Waals surface area (Å²) in [5.41, 5.74) is 2.14. The Hall–Kier alpha value is -4.70. The van der Waals surface area contributed by atoms with E-state index in [9.17, 15) is 18.0 Å². The molecule has 0 heterocycles. The summed E-state index contributed by atoms with van der Waals surface area (Å²) in [4.78, 5) is 11.0. The number of carboxylic acid groups (broad SMARTS) is 1. The van der Waals surface area contributed by atoms with Gasteiger partial charge in [-0.1, -0.05) is 60.4 Å². The number of carboxylic acids is 1. The minimum Gasteiger partial charge on any atom is -0.481 e. The van der Waals surface area contributed by atoms with E-state index in [4.69, 9.17) is 14.6 Å². The van der Waals surface area contributed by atoms with E-state index in [2.05, 4.69) is 11.8 Å². The Bertz CT molecular complexity index is 1430. The first-order chi connectivity index (χ1) is 17.8. The monoisotopic (exact) mass is 502 g/mol. The van der Waals surface area contributed by atoms with E-state index in [1.54, 1.807) is 72.8 Å². The zero-order chi connectivity index (χ0) is 26.3. The molecule has 4 aromatic rings. The summed E-state index contributed by atoms with van der Waals surface area (Å²) < 4.78 is 49.9. The second kappa shape index (κ2) is 11.4. The predicted molar refractivity (Wildman–Crippen MR) is 134 cm³/mol. The number of rotatable bonds is 7. The molecule has 0 atom stereocenters. The summed E-state index contributed by atoms with van der Waals surface area (Å²) in [5, 5.41) is 8.99. The van der Waals surface area contributed by atoms with Crippen LogP contribution in [0.2, 0.25) is 0 Å². The van der Waals surface area contributed by atoms with Gasteiger partial charge in [0, 0.05) is 5.56 Å². The summed E-state index contributed by atoms with van der Waals surface area (Å²) in [7, 11) is 0. The van der Waals surface area contributed by atoms with Gasteiger partial charge in [-0.25, -0.2) is 0 Å². The van der Waals surface area contributed by atoms with Crippen molar-refractivity contribution in [2.24, 2.45) is 0 Å². The predicted octanol–water partition coefficient (Wildman–Crippen LogP) is 7.22. The van der Waals surface area contributed by atoms with Crippen molar-refractivity contribution in [3.05, 3.63) is 114 Å². The summed E-state index contributed by atoms with van der Waals surface area (Å²) in [6, 6.07) is 26.1. The van der Waals surface area contributed by atoms with Crippen molar-refractivity contribution >= 4 is 5.97 Å². The number of alkyl halides is 3. The zero-order valence-electron chi connectivity index (χ0n) is 19.5. The number of halogens is 3. The lowest BCUT2D eigenvalue weighted by atomic mass is 10.0. The molecule has 0 saturated carbocycles. The largest absolute Gasteiger partial charge is 0.481 e. The number of ether oxygens (including phenoxy) is 2. The second-order valence-electron chi connectivity index (χ2n) is 8.01. The number of benzene rings is 4. The molecule has 1 N–H and O–H groups in total. The van der Waals surface area contributed by atoms with Crippen molar-refractivity contribution in [3.63, 3.8) is 0 Å². The molecule has 0 spiro atoms. The van der Waals surface area contributed by atoms with Crippen LogP contribution in [0.4, 0.5) is 13.2 Å². The third-order valence-electron chi connectivity index (χ3n) is 5.29. The van der Waals surface area contributed by atoms with Gasteiger partial charge in [-0.15, -0.1) is 0 Å². The lowest BCUT2D eigenvalue weighted by Crippen LogP contribution is -2.03. The summed E-state index contributed by atoms with van der Waals surface area (Å²) in [6.07, 6.45) is -4.46. The number of hydrogen-bond donors (Lipinski definition) is 1. The highest BCUT2D eigenvalue weighted by Gasteiger charge is 2.29. The van der Waals surface area contributed by atoms with Gasteiger partial charge in [0.2, 0.25) is 0 Å². The van der Waals surface area contributed by atoms with Crippen molar-refractivity contribution in [3.8, 4) is 40.2 Å². The van der Waals surface area contributed by atoms with Crippen LogP contribution in [0.25, 0.3) is 11.1 Å². The molecule has 0 aliphatic rings. The van der Waals surface area contributed by atoms with Crippen LogP contribution in [0.3, 0.4) is 0 Å². The molecule has 0 aromatic heterocycles. The van der Waals surface area contributed by atoms with Crippen LogP contribution in [0, 0.1) is 11.8 Å². The Labute approximate surface area is 211 Å². The lowest BCUT2D eigenvalue weighted by Gasteiger charge is -2.11. The van der Waals surface area contributed by atoms with E-state index in [1.165, 1.54) is 12.1 Å². The van der Waals surface area contributed by atoms with E-state index >= 15 is 0 Å². The number of carbonyl (C=O) groups is 1. The normalized spacial score (nSPS) is 10.8. The minimum absolute atomic E-state index is 0.0973. The van der Waals surface area contributed by atoms with Crippen molar-refractivity contribution < 1.29 is 32.5 Å². The lowest BCUT2D eigenvalue weighted by molar-refractivity contribution is -0.138. The fourth-order valence-corrected chi connectivity index (χ4v) is 3.52. The van der Waals surface area contributed by atoms with Gasteiger partial charge in [0.15, 0.2) is 11.5 Å². The fraction of sp³-hybridized carbons (Fsp3) is 0.100. The Kier molecular flexibility index (Phi) is 7.80. The maximum Gasteiger partial charge on any atom is 0.416 e. The maximum absolute atomic E-state index is 12.8. The molecule has 0 radical (unpaired) electrons. The summed E-state index contributed by atoms with van der Waals surface area (Å²) >= 11 is 0. The van der Waals surface area contributed by atoms with E-state index in [0.717, 1.165) is 23.3 Å². The van der Waals surface area contributed by atoms with Gasteiger partial charge in [0.25, 0.3) is 0 Å². The Balaban J connectivity index is 1.37. The van der Waals surface area contributed by atoms with Gasteiger partial charge in [0.1, 0.15) is 12.4 Å². The summed E-state index contributed by atoms with van der Waals surface area (Å²) in [6.45, 7) is 0.0973. The highest BCUT2D eigenvalue weighted by molar-refractivity contribution is 5.70. The summed E-state index contributed by atoms with van der Waals surface area (Å²) in [5.74, 6) is 6.46. The third kappa shape index (κ3) is 7.15. The minimum atomic E-state index is -4.36. The maximum atomic E-state index is 12.8. The molecule has 4 aromatic carbocycles. The molecule has 0 unspecified atom stereocenters. The first-order valence-electron chi connectivity index (χ1n) is 11.2. The number of para-hydroxylation sites is 2. The van der Waals surface area contributed by atoms with Gasteiger partial charge in [0.05, 0.1) is 12.0 Å². The zero-order valence-corrected chi connectivity index (χ0v) is 19.5. The van der Waals surface area contributed by atoms with Crippen molar-refractivity contribution in [1.29, 1.82) is 0 Å². The molecule has 4 nitrogen and oxygen atoms in total. The first kappa shape index (κ1) is 25.4. The molecule has 0 aliphatic heterocycles. The van der Waals surface area contributed by atoms with Crippen LogP contribution in [0.15, 0.2) is 97.1 Å².